The Morgan fingerprint density at radius 3 is 2.88 bits per heavy atom. The maximum absolute atomic E-state index is 11.2. The summed E-state index contributed by atoms with van der Waals surface area (Å²) in [5.41, 5.74) is 3.16. The molecule has 1 aromatic carbocycles. The van der Waals surface area contributed by atoms with Gasteiger partial charge in [-0.15, -0.1) is 11.6 Å². The average molecular weight is 239 g/mol. The van der Waals surface area contributed by atoms with Crippen LogP contribution in [-0.4, -0.2) is 30.8 Å². The lowest BCUT2D eigenvalue weighted by atomic mass is 10.0. The predicted molar refractivity (Wildman–Crippen MR) is 65.9 cm³/mol. The highest BCUT2D eigenvalue weighted by Crippen LogP contribution is 2.28. The van der Waals surface area contributed by atoms with Crippen LogP contribution in [0, 0.1) is 0 Å². The number of nitrogens with zero attached hydrogens (tertiary/aromatic N) is 1. The number of amides is 1. The number of anilines is 1. The standard InChI is InChI=1S/C12H15ClN2O/c1-15(2)11(7-13)8-3-4-10-9(5-8)6-12(16)14-10/h3-5,11H,6-7H2,1-2H3,(H,14,16). The van der Waals surface area contributed by atoms with Crippen molar-refractivity contribution in [1.82, 2.24) is 4.90 Å². The number of hydrogen-bond acceptors (Lipinski definition) is 2. The molecule has 0 aromatic heterocycles. The number of carbonyl (C=O) groups is 1. The van der Waals surface area contributed by atoms with Gasteiger partial charge >= 0.3 is 0 Å². The van der Waals surface area contributed by atoms with Gasteiger partial charge in [-0.2, -0.15) is 0 Å². The number of alkyl halides is 1. The first-order valence-corrected chi connectivity index (χ1v) is 5.80. The van der Waals surface area contributed by atoms with Crippen LogP contribution < -0.4 is 5.32 Å². The minimum atomic E-state index is 0.0689. The Morgan fingerprint density at radius 2 is 2.25 bits per heavy atom. The highest BCUT2D eigenvalue weighted by Gasteiger charge is 2.20. The zero-order valence-corrected chi connectivity index (χ0v) is 10.2. The molecule has 0 saturated heterocycles. The van der Waals surface area contributed by atoms with E-state index >= 15 is 0 Å². The second-order valence-corrected chi connectivity index (χ2v) is 4.58. The Bertz CT molecular complexity index is 417. The number of fused-ring (bicyclic) bond motifs is 1. The molecule has 0 aliphatic carbocycles. The lowest BCUT2D eigenvalue weighted by molar-refractivity contribution is -0.115. The number of carbonyl (C=O) groups excluding carboxylic acids is 1. The van der Waals surface area contributed by atoms with Gasteiger partial charge in [-0.3, -0.25) is 4.79 Å². The number of nitrogens with one attached hydrogen (secondary N) is 1. The molecule has 1 aliphatic heterocycles. The molecule has 0 saturated carbocycles. The van der Waals surface area contributed by atoms with E-state index < -0.39 is 0 Å². The van der Waals surface area contributed by atoms with Gasteiger partial charge in [0.25, 0.3) is 0 Å². The molecule has 1 aromatic rings. The third kappa shape index (κ3) is 2.06. The van der Waals surface area contributed by atoms with Gasteiger partial charge in [-0.25, -0.2) is 0 Å². The highest BCUT2D eigenvalue weighted by molar-refractivity contribution is 6.18. The summed E-state index contributed by atoms with van der Waals surface area (Å²) in [6.45, 7) is 0. The molecular weight excluding hydrogens is 224 g/mol. The molecule has 4 heteroatoms. The van der Waals surface area contributed by atoms with E-state index in [4.69, 9.17) is 11.6 Å². The minimum Gasteiger partial charge on any atom is -0.326 e. The number of halogens is 1. The number of benzene rings is 1. The van der Waals surface area contributed by atoms with Crippen molar-refractivity contribution < 1.29 is 4.79 Å². The molecule has 86 valence electrons. The second-order valence-electron chi connectivity index (χ2n) is 4.28. The largest absolute Gasteiger partial charge is 0.326 e. The summed E-state index contributed by atoms with van der Waals surface area (Å²) in [6.07, 6.45) is 0.478. The Kier molecular flexibility index (Phi) is 3.17. The van der Waals surface area contributed by atoms with Crippen molar-refractivity contribution in [3.63, 3.8) is 0 Å². The van der Waals surface area contributed by atoms with E-state index in [1.807, 2.05) is 26.2 Å². The third-order valence-corrected chi connectivity index (χ3v) is 3.20. The molecule has 0 fully saturated rings. The van der Waals surface area contributed by atoms with Gasteiger partial charge in [-0.1, -0.05) is 12.1 Å². The smallest absolute Gasteiger partial charge is 0.228 e. The summed E-state index contributed by atoms with van der Waals surface area (Å²) in [4.78, 5) is 13.3. The normalized spacial score (nSPS) is 16.1. The zero-order valence-electron chi connectivity index (χ0n) is 9.46. The fraction of sp³-hybridized carbons (Fsp3) is 0.417. The minimum absolute atomic E-state index is 0.0689. The molecular formula is C12H15ClN2O. The topological polar surface area (TPSA) is 32.3 Å². The van der Waals surface area contributed by atoms with Gasteiger partial charge in [-0.05, 0) is 31.3 Å². The van der Waals surface area contributed by atoms with Crippen LogP contribution in [0.2, 0.25) is 0 Å². The monoisotopic (exact) mass is 238 g/mol. The van der Waals surface area contributed by atoms with Crippen molar-refractivity contribution in [1.29, 1.82) is 0 Å². The van der Waals surface area contributed by atoms with Crippen LogP contribution in [0.4, 0.5) is 5.69 Å². The van der Waals surface area contributed by atoms with Gasteiger partial charge < -0.3 is 10.2 Å². The SMILES string of the molecule is CN(C)C(CCl)c1ccc2c(c1)CC(=O)N2. The summed E-state index contributed by atoms with van der Waals surface area (Å²) >= 11 is 5.95. The Hall–Kier alpha value is -1.06. The molecule has 1 unspecified atom stereocenters. The molecule has 1 heterocycles. The Labute approximate surface area is 100 Å². The van der Waals surface area contributed by atoms with E-state index in [9.17, 15) is 4.79 Å². The summed E-state index contributed by atoms with van der Waals surface area (Å²) < 4.78 is 0. The molecule has 1 amide bonds. The molecule has 0 spiro atoms. The lowest BCUT2D eigenvalue weighted by Crippen LogP contribution is -2.21. The maximum atomic E-state index is 11.2. The van der Waals surface area contributed by atoms with E-state index in [1.54, 1.807) is 0 Å². The van der Waals surface area contributed by atoms with Crippen molar-refractivity contribution in [2.75, 3.05) is 25.3 Å². The number of hydrogen-bond donors (Lipinski definition) is 1. The predicted octanol–water partition coefficient (Wildman–Crippen LogP) is 2.02. The molecule has 3 nitrogen and oxygen atoms in total. The van der Waals surface area contributed by atoms with Gasteiger partial charge in [0.05, 0.1) is 6.42 Å². The van der Waals surface area contributed by atoms with Crippen LogP contribution in [0.5, 0.6) is 0 Å². The summed E-state index contributed by atoms with van der Waals surface area (Å²) in [5, 5.41) is 2.83. The highest BCUT2D eigenvalue weighted by atomic mass is 35.5. The molecule has 1 aliphatic rings. The maximum Gasteiger partial charge on any atom is 0.228 e. The molecule has 0 radical (unpaired) electrons. The van der Waals surface area contributed by atoms with Crippen LogP contribution in [0.15, 0.2) is 18.2 Å². The Morgan fingerprint density at radius 1 is 1.50 bits per heavy atom. The van der Waals surface area contributed by atoms with E-state index in [1.165, 1.54) is 0 Å². The first-order valence-electron chi connectivity index (χ1n) is 5.27. The molecule has 16 heavy (non-hydrogen) atoms. The Balaban J connectivity index is 2.31. The molecule has 1 N–H and O–H groups in total. The fourth-order valence-corrected chi connectivity index (χ4v) is 2.44. The van der Waals surface area contributed by atoms with Crippen molar-refractivity contribution in [3.05, 3.63) is 29.3 Å². The third-order valence-electron chi connectivity index (χ3n) is 2.91. The van der Waals surface area contributed by atoms with Crippen LogP contribution in [0.1, 0.15) is 17.2 Å². The van der Waals surface area contributed by atoms with Crippen LogP contribution in [0.3, 0.4) is 0 Å². The first-order chi connectivity index (χ1) is 7.61. The van der Waals surface area contributed by atoms with E-state index in [2.05, 4.69) is 16.3 Å². The second kappa shape index (κ2) is 4.44. The summed E-state index contributed by atoms with van der Waals surface area (Å²) in [7, 11) is 4.01. The van der Waals surface area contributed by atoms with Gasteiger partial charge in [0.2, 0.25) is 5.91 Å². The van der Waals surface area contributed by atoms with Crippen molar-refractivity contribution in [3.8, 4) is 0 Å². The number of rotatable bonds is 3. The average Bonchev–Trinajstić information content (AvgIpc) is 2.57. The molecule has 1 atom stereocenters. The van der Waals surface area contributed by atoms with Crippen LogP contribution in [-0.2, 0) is 11.2 Å². The van der Waals surface area contributed by atoms with E-state index in [0.29, 0.717) is 12.3 Å². The molecule has 2 rings (SSSR count). The zero-order chi connectivity index (χ0) is 11.7. The molecule has 0 bridgehead atoms. The summed E-state index contributed by atoms with van der Waals surface area (Å²) in [5.74, 6) is 0.618. The van der Waals surface area contributed by atoms with Crippen molar-refractivity contribution in [2.45, 2.75) is 12.5 Å². The van der Waals surface area contributed by atoms with Gasteiger partial charge in [0.15, 0.2) is 0 Å². The van der Waals surface area contributed by atoms with Crippen LogP contribution >= 0.6 is 11.6 Å². The lowest BCUT2D eigenvalue weighted by Gasteiger charge is -2.22. The van der Waals surface area contributed by atoms with E-state index in [-0.39, 0.29) is 11.9 Å². The summed E-state index contributed by atoms with van der Waals surface area (Å²) in [6, 6.07) is 6.25. The van der Waals surface area contributed by atoms with Gasteiger partial charge in [0, 0.05) is 17.6 Å². The first kappa shape index (κ1) is 11.4. The quantitative estimate of drug-likeness (QED) is 0.818. The van der Waals surface area contributed by atoms with Gasteiger partial charge in [0.1, 0.15) is 0 Å². The fourth-order valence-electron chi connectivity index (χ4n) is 1.98. The van der Waals surface area contributed by atoms with E-state index in [0.717, 1.165) is 16.8 Å². The van der Waals surface area contributed by atoms with Crippen molar-refractivity contribution in [2.24, 2.45) is 0 Å². The van der Waals surface area contributed by atoms with Crippen molar-refractivity contribution >= 4 is 23.2 Å². The van der Waals surface area contributed by atoms with Crippen LogP contribution in [0.25, 0.3) is 0 Å².